The van der Waals surface area contributed by atoms with Gasteiger partial charge in [-0.05, 0) is 52.6 Å². The highest BCUT2D eigenvalue weighted by molar-refractivity contribution is 6.59. The van der Waals surface area contributed by atoms with Gasteiger partial charge < -0.3 is 9.47 Å². The van der Waals surface area contributed by atoms with E-state index in [2.05, 4.69) is 18.7 Å². The van der Waals surface area contributed by atoms with Gasteiger partial charge in [0.2, 0.25) is 0 Å². The van der Waals surface area contributed by atoms with Gasteiger partial charge in [0.05, 0.1) is 0 Å². The van der Waals surface area contributed by atoms with Crippen LogP contribution < -0.4 is 9.47 Å². The Morgan fingerprint density at radius 1 is 1.07 bits per heavy atom. The third-order valence-electron chi connectivity index (χ3n) is 5.31. The average Bonchev–Trinajstić information content (AvgIpc) is 2.53. The van der Waals surface area contributed by atoms with Crippen LogP contribution in [0.25, 0.3) is 0 Å². The fraction of sp³-hybridized carbons (Fsp3) is 0.632. The summed E-state index contributed by atoms with van der Waals surface area (Å²) in [5.41, 5.74) is 1.96. The van der Waals surface area contributed by atoms with Crippen molar-refractivity contribution in [1.29, 1.82) is 0 Å². The maximum absolute atomic E-state index is 12.8. The number of ether oxygens (including phenoxy) is 2. The molecule has 1 aromatic rings. The predicted octanol–water partition coefficient (Wildman–Crippen LogP) is 0.212. The molecule has 4 nitrogen and oxygen atoms in total. The first-order valence-corrected chi connectivity index (χ1v) is 9.87. The molecule has 138 valence electrons. The maximum atomic E-state index is 12.8. The predicted molar refractivity (Wildman–Crippen MR) is 118 cm³/mol. The Kier molecular flexibility index (Phi) is 6.34. The van der Waals surface area contributed by atoms with Crippen LogP contribution in [0, 0.1) is 11.8 Å². The van der Waals surface area contributed by atoms with Crippen LogP contribution in [-0.4, -0.2) is 81.4 Å². The molecule has 0 N–H and O–H groups in total. The molecular weight excluding hydrogens is 355 g/mol. The molecule has 10 heteroatoms. The standard InChI is InChI=1S/C19H21B6NO3/c1-10(2)5-12-9-26-4-3-11-6-16(28-18(20,21)22)17(29-19(23,24)25)7-13(11)14(26)8-15(12)27/h6-7,10,12,14H,3-5,8-9H2,1-2H3/t12-,14-/m0/s1. The van der Waals surface area contributed by atoms with E-state index in [-0.39, 0.29) is 29.2 Å². The number of carbonyl (C=O) groups excluding carboxylic acids is 1. The molecule has 3 rings (SSSR count). The molecule has 0 amide bonds. The molecule has 0 spiro atoms. The number of nitrogens with zero attached hydrogens (tertiary/aromatic N) is 1. The number of fused-ring (bicyclic) bond motifs is 3. The SMILES string of the molecule is [B]C([B])([B])Oc1cc2c(cc1OC([B])([B])[B])[C@@H]1CC(=O)[C@@H](CC(C)C)CN1CC2. The van der Waals surface area contributed by atoms with E-state index in [1.54, 1.807) is 12.1 Å². The minimum Gasteiger partial charge on any atom is -0.512 e. The summed E-state index contributed by atoms with van der Waals surface area (Å²) in [6, 6.07) is 3.44. The summed E-state index contributed by atoms with van der Waals surface area (Å²) >= 11 is 0. The molecule has 2 heterocycles. The summed E-state index contributed by atoms with van der Waals surface area (Å²) in [6.45, 7) is 5.87. The molecule has 0 aromatic heterocycles. The monoisotopic (exact) mass is 377 g/mol. The van der Waals surface area contributed by atoms with Crippen molar-refractivity contribution in [2.75, 3.05) is 13.1 Å². The fourth-order valence-electron chi connectivity index (χ4n) is 4.28. The Morgan fingerprint density at radius 3 is 2.21 bits per heavy atom. The van der Waals surface area contributed by atoms with Crippen molar-refractivity contribution >= 4 is 52.9 Å². The second-order valence-corrected chi connectivity index (χ2v) is 8.67. The third kappa shape index (κ3) is 5.71. The van der Waals surface area contributed by atoms with Gasteiger partial charge >= 0.3 is 0 Å². The fourth-order valence-corrected chi connectivity index (χ4v) is 4.28. The highest BCUT2D eigenvalue weighted by atomic mass is 16.5. The first-order valence-electron chi connectivity index (χ1n) is 9.87. The summed E-state index contributed by atoms with van der Waals surface area (Å²) in [6.07, 6.45) is 2.12. The lowest BCUT2D eigenvalue weighted by Crippen LogP contribution is -2.46. The van der Waals surface area contributed by atoms with Crippen molar-refractivity contribution in [3.05, 3.63) is 23.3 Å². The van der Waals surface area contributed by atoms with Gasteiger partial charge in [-0.15, -0.1) is 0 Å². The van der Waals surface area contributed by atoms with Crippen molar-refractivity contribution < 1.29 is 14.3 Å². The van der Waals surface area contributed by atoms with E-state index in [1.807, 2.05) is 0 Å². The summed E-state index contributed by atoms with van der Waals surface area (Å²) in [5, 5.41) is -3.86. The summed E-state index contributed by atoms with van der Waals surface area (Å²) in [4.78, 5) is 15.1. The molecule has 0 unspecified atom stereocenters. The molecule has 1 saturated heterocycles. The smallest absolute Gasteiger partial charge is 0.158 e. The molecule has 2 aliphatic rings. The molecule has 0 aliphatic carbocycles. The van der Waals surface area contributed by atoms with Crippen LogP contribution in [0.15, 0.2) is 12.1 Å². The van der Waals surface area contributed by atoms with Gasteiger partial charge in [-0.25, -0.2) is 0 Å². The normalized spacial score (nSPS) is 22.8. The summed E-state index contributed by atoms with van der Waals surface area (Å²) < 4.78 is 10.9. The number of hydrogen-bond donors (Lipinski definition) is 0. The van der Waals surface area contributed by atoms with E-state index in [1.165, 1.54) is 0 Å². The topological polar surface area (TPSA) is 38.8 Å². The molecule has 0 saturated carbocycles. The summed E-state index contributed by atoms with van der Waals surface area (Å²) in [5.74, 6) is 1.19. The van der Waals surface area contributed by atoms with Gasteiger partial charge in [0.1, 0.15) is 52.9 Å². The molecule has 12 radical (unpaired) electrons. The van der Waals surface area contributed by atoms with Crippen LogP contribution >= 0.6 is 0 Å². The molecule has 1 fully saturated rings. The Balaban J connectivity index is 1.95. The van der Waals surface area contributed by atoms with E-state index in [4.69, 9.17) is 56.6 Å². The molecule has 0 bridgehead atoms. The van der Waals surface area contributed by atoms with E-state index >= 15 is 0 Å². The number of rotatable bonds is 6. The van der Waals surface area contributed by atoms with E-state index < -0.39 is 10.6 Å². The van der Waals surface area contributed by atoms with Gasteiger partial charge in [0.25, 0.3) is 0 Å². The van der Waals surface area contributed by atoms with Crippen molar-refractivity contribution in [3.63, 3.8) is 0 Å². The maximum Gasteiger partial charge on any atom is 0.158 e. The quantitative estimate of drug-likeness (QED) is 0.666. The van der Waals surface area contributed by atoms with E-state index in [0.29, 0.717) is 12.3 Å². The van der Waals surface area contributed by atoms with E-state index in [9.17, 15) is 4.79 Å². The zero-order valence-electron chi connectivity index (χ0n) is 17.1. The number of hydrogen-bond acceptors (Lipinski definition) is 4. The van der Waals surface area contributed by atoms with Gasteiger partial charge in [0.15, 0.2) is 11.5 Å². The minimum atomic E-state index is -1.94. The van der Waals surface area contributed by atoms with Crippen molar-refractivity contribution in [1.82, 2.24) is 4.90 Å². The van der Waals surface area contributed by atoms with Gasteiger partial charge in [-0.2, -0.15) is 0 Å². The van der Waals surface area contributed by atoms with Crippen LogP contribution in [-0.2, 0) is 11.2 Å². The highest BCUT2D eigenvalue weighted by Gasteiger charge is 2.39. The first-order chi connectivity index (χ1) is 13.3. The number of carbonyl (C=O) groups is 1. The average molecular weight is 376 g/mol. The Labute approximate surface area is 181 Å². The Hall–Kier alpha value is -1.16. The van der Waals surface area contributed by atoms with Crippen LogP contribution in [0.5, 0.6) is 11.5 Å². The molecule has 1 aromatic carbocycles. The lowest BCUT2D eigenvalue weighted by molar-refractivity contribution is -0.129. The molecule has 29 heavy (non-hydrogen) atoms. The van der Waals surface area contributed by atoms with Crippen molar-refractivity contribution in [2.45, 2.75) is 49.7 Å². The highest BCUT2D eigenvalue weighted by Crippen LogP contribution is 2.43. The second kappa shape index (κ2) is 8.17. The van der Waals surface area contributed by atoms with Crippen LogP contribution in [0.3, 0.4) is 0 Å². The minimum absolute atomic E-state index is 0.0489. The molecular formula is C19H21B6NO3. The second-order valence-electron chi connectivity index (χ2n) is 8.67. The van der Waals surface area contributed by atoms with Gasteiger partial charge in [-0.3, -0.25) is 9.69 Å². The molecule has 2 atom stereocenters. The van der Waals surface area contributed by atoms with Crippen LogP contribution in [0.4, 0.5) is 0 Å². The lowest BCUT2D eigenvalue weighted by Gasteiger charge is -2.43. The zero-order chi connectivity index (χ0) is 21.6. The number of piperidine rings is 1. The van der Waals surface area contributed by atoms with Gasteiger partial charge in [0, 0.05) is 31.5 Å². The molecule has 2 aliphatic heterocycles. The Bertz CT molecular complexity index is 774. The Morgan fingerprint density at radius 2 is 1.66 bits per heavy atom. The number of benzene rings is 1. The largest absolute Gasteiger partial charge is 0.512 e. The van der Waals surface area contributed by atoms with Crippen molar-refractivity contribution in [3.8, 4) is 11.5 Å². The van der Waals surface area contributed by atoms with Crippen LogP contribution in [0.1, 0.15) is 43.9 Å². The first kappa shape index (κ1) is 22.5. The zero-order valence-corrected chi connectivity index (χ0v) is 17.1. The number of Topliss-reactive ketones (excluding diaryl/α,β-unsaturated/α-hetero) is 1. The van der Waals surface area contributed by atoms with E-state index in [0.717, 1.165) is 37.1 Å². The van der Waals surface area contributed by atoms with Crippen molar-refractivity contribution in [2.24, 2.45) is 11.8 Å². The third-order valence-corrected chi connectivity index (χ3v) is 5.31. The lowest BCUT2D eigenvalue weighted by atomic mass is 9.52. The summed E-state index contributed by atoms with van der Waals surface area (Å²) in [7, 11) is 33.6. The number of ketones is 1. The van der Waals surface area contributed by atoms with Gasteiger partial charge in [-0.1, -0.05) is 13.8 Å². The van der Waals surface area contributed by atoms with Crippen LogP contribution in [0.2, 0.25) is 0 Å².